The summed E-state index contributed by atoms with van der Waals surface area (Å²) in [6.07, 6.45) is 1.65. The van der Waals surface area contributed by atoms with E-state index in [1.807, 2.05) is 12.1 Å². The van der Waals surface area contributed by atoms with Gasteiger partial charge in [-0.3, -0.25) is 0 Å². The molecule has 1 aromatic heterocycles. The Morgan fingerprint density at radius 3 is 2.75 bits per heavy atom. The lowest BCUT2D eigenvalue weighted by Gasteiger charge is -2.07. The van der Waals surface area contributed by atoms with E-state index >= 15 is 0 Å². The molecule has 0 fully saturated rings. The maximum absolute atomic E-state index is 13.3. The van der Waals surface area contributed by atoms with Crippen LogP contribution in [0.4, 0.5) is 4.39 Å². The number of hydrogen-bond donors (Lipinski definition) is 0. The zero-order chi connectivity index (χ0) is 11.4. The van der Waals surface area contributed by atoms with Crippen molar-refractivity contribution in [1.29, 1.82) is 0 Å². The van der Waals surface area contributed by atoms with Gasteiger partial charge in [0.25, 0.3) is 0 Å². The van der Waals surface area contributed by atoms with E-state index in [4.69, 9.17) is 4.74 Å². The number of ether oxygens (including phenoxy) is 1. The van der Waals surface area contributed by atoms with Gasteiger partial charge in [0.05, 0.1) is 3.57 Å². The van der Waals surface area contributed by atoms with Crippen molar-refractivity contribution in [2.75, 3.05) is 0 Å². The summed E-state index contributed by atoms with van der Waals surface area (Å²) in [6.45, 7) is 0.194. The third-order valence-corrected chi connectivity index (χ3v) is 2.87. The Balaban J connectivity index is 2.09. The first-order valence-corrected chi connectivity index (χ1v) is 5.82. The summed E-state index contributed by atoms with van der Waals surface area (Å²) in [5.74, 6) is 0.278. The van der Waals surface area contributed by atoms with E-state index in [0.29, 0.717) is 11.4 Å². The second kappa shape index (κ2) is 5.25. The largest absolute Gasteiger partial charge is 0.472 e. The molecule has 1 heterocycles. The molecule has 0 radical (unpaired) electrons. The topological polar surface area (TPSA) is 22.1 Å². The molecule has 0 aliphatic rings. The fourth-order valence-corrected chi connectivity index (χ4v) is 1.74. The maximum Gasteiger partial charge on any atom is 0.227 e. The molecule has 0 unspecified atom stereocenters. The molecule has 0 saturated heterocycles. The molecule has 82 valence electrons. The minimum atomic E-state index is -0.256. The Labute approximate surface area is 107 Å². The molecule has 0 saturated carbocycles. The second-order valence-corrected chi connectivity index (χ2v) is 4.33. The van der Waals surface area contributed by atoms with E-state index in [1.54, 1.807) is 24.4 Å². The fraction of sp³-hybridized carbons (Fsp3) is 0.0833. The molecular weight excluding hydrogens is 320 g/mol. The van der Waals surface area contributed by atoms with Crippen molar-refractivity contribution in [3.05, 3.63) is 57.5 Å². The summed E-state index contributed by atoms with van der Waals surface area (Å²) < 4.78 is 19.6. The van der Waals surface area contributed by atoms with Gasteiger partial charge in [-0.25, -0.2) is 9.37 Å². The van der Waals surface area contributed by atoms with Crippen LogP contribution in [-0.2, 0) is 6.61 Å². The third kappa shape index (κ3) is 2.69. The minimum absolute atomic E-state index is 0.194. The van der Waals surface area contributed by atoms with Gasteiger partial charge in [-0.1, -0.05) is 18.2 Å². The molecule has 0 spiro atoms. The van der Waals surface area contributed by atoms with Crippen molar-refractivity contribution in [2.45, 2.75) is 6.61 Å². The summed E-state index contributed by atoms with van der Waals surface area (Å²) in [5, 5.41) is 0. The Bertz CT molecular complexity index is 444. The molecule has 1 aromatic carbocycles. The lowest BCUT2D eigenvalue weighted by Crippen LogP contribution is -2.00. The van der Waals surface area contributed by atoms with Crippen LogP contribution in [0.2, 0.25) is 0 Å². The normalized spacial score (nSPS) is 10.1. The van der Waals surface area contributed by atoms with Gasteiger partial charge in [0.1, 0.15) is 12.4 Å². The van der Waals surface area contributed by atoms with Gasteiger partial charge in [0, 0.05) is 11.8 Å². The Kier molecular flexibility index (Phi) is 3.71. The Hall–Kier alpha value is -1.17. The van der Waals surface area contributed by atoms with Crippen LogP contribution in [-0.4, -0.2) is 4.98 Å². The van der Waals surface area contributed by atoms with Gasteiger partial charge < -0.3 is 4.74 Å². The lowest BCUT2D eigenvalue weighted by atomic mass is 10.2. The van der Waals surface area contributed by atoms with Crippen LogP contribution in [0.1, 0.15) is 5.56 Å². The van der Waals surface area contributed by atoms with E-state index in [-0.39, 0.29) is 12.4 Å². The number of benzene rings is 1. The van der Waals surface area contributed by atoms with Crippen LogP contribution >= 0.6 is 22.6 Å². The molecule has 0 atom stereocenters. The average Bonchev–Trinajstić information content (AvgIpc) is 2.30. The monoisotopic (exact) mass is 329 g/mol. The molecule has 0 aliphatic heterocycles. The smallest absolute Gasteiger partial charge is 0.227 e. The number of aromatic nitrogens is 1. The van der Waals surface area contributed by atoms with Gasteiger partial charge in [0.2, 0.25) is 5.88 Å². The Morgan fingerprint density at radius 1 is 1.19 bits per heavy atom. The number of rotatable bonds is 3. The van der Waals surface area contributed by atoms with Crippen LogP contribution in [0.15, 0.2) is 42.6 Å². The summed E-state index contributed by atoms with van der Waals surface area (Å²) >= 11 is 2.13. The summed E-state index contributed by atoms with van der Waals surface area (Å²) in [6, 6.07) is 10.3. The minimum Gasteiger partial charge on any atom is -0.472 e. The molecule has 0 aliphatic carbocycles. The van der Waals surface area contributed by atoms with E-state index in [2.05, 4.69) is 27.6 Å². The van der Waals surface area contributed by atoms with E-state index < -0.39 is 0 Å². The first-order chi connectivity index (χ1) is 7.77. The van der Waals surface area contributed by atoms with Gasteiger partial charge >= 0.3 is 0 Å². The van der Waals surface area contributed by atoms with Gasteiger partial charge in [-0.05, 0) is 40.8 Å². The molecule has 16 heavy (non-hydrogen) atoms. The van der Waals surface area contributed by atoms with Gasteiger partial charge in [-0.15, -0.1) is 0 Å². The molecule has 2 nitrogen and oxygen atoms in total. The van der Waals surface area contributed by atoms with Crippen LogP contribution < -0.4 is 4.74 Å². The highest BCUT2D eigenvalue weighted by Crippen LogP contribution is 2.18. The van der Waals surface area contributed by atoms with Crippen LogP contribution in [0.25, 0.3) is 0 Å². The zero-order valence-electron chi connectivity index (χ0n) is 8.36. The van der Waals surface area contributed by atoms with Crippen LogP contribution in [0.5, 0.6) is 5.88 Å². The van der Waals surface area contributed by atoms with Crippen molar-refractivity contribution in [2.24, 2.45) is 0 Å². The second-order valence-electron chi connectivity index (χ2n) is 3.17. The van der Waals surface area contributed by atoms with Crippen molar-refractivity contribution >= 4 is 22.6 Å². The Morgan fingerprint density at radius 2 is 2.00 bits per heavy atom. The third-order valence-electron chi connectivity index (χ3n) is 2.05. The first-order valence-electron chi connectivity index (χ1n) is 4.74. The van der Waals surface area contributed by atoms with Crippen LogP contribution in [0, 0.1) is 9.39 Å². The lowest BCUT2D eigenvalue weighted by molar-refractivity contribution is 0.286. The maximum atomic E-state index is 13.3. The number of nitrogens with zero attached hydrogens (tertiary/aromatic N) is 1. The highest BCUT2D eigenvalue weighted by molar-refractivity contribution is 14.1. The number of hydrogen-bond acceptors (Lipinski definition) is 2. The van der Waals surface area contributed by atoms with Crippen molar-refractivity contribution in [1.82, 2.24) is 4.98 Å². The highest BCUT2D eigenvalue weighted by Gasteiger charge is 2.04. The molecule has 2 aromatic rings. The summed E-state index contributed by atoms with van der Waals surface area (Å²) in [5.41, 5.74) is 0.531. The SMILES string of the molecule is Fc1ccccc1COc1ncccc1I. The molecule has 4 heteroatoms. The van der Waals surface area contributed by atoms with E-state index in [9.17, 15) is 4.39 Å². The first kappa shape index (κ1) is 11.3. The molecule has 0 bridgehead atoms. The predicted octanol–water partition coefficient (Wildman–Crippen LogP) is 3.40. The van der Waals surface area contributed by atoms with Crippen molar-refractivity contribution in [3.63, 3.8) is 0 Å². The highest BCUT2D eigenvalue weighted by atomic mass is 127. The standard InChI is InChI=1S/C12H9FINO/c13-10-5-2-1-4-9(10)8-16-12-11(14)6-3-7-15-12/h1-7H,8H2. The molecular formula is C12H9FINO. The fourth-order valence-electron chi connectivity index (χ4n) is 1.24. The van der Waals surface area contributed by atoms with Crippen LogP contribution in [0.3, 0.4) is 0 Å². The molecule has 0 amide bonds. The van der Waals surface area contributed by atoms with Crippen molar-refractivity contribution in [3.8, 4) is 5.88 Å². The number of pyridine rings is 1. The predicted molar refractivity (Wildman–Crippen MR) is 67.7 cm³/mol. The van der Waals surface area contributed by atoms with Gasteiger partial charge in [0.15, 0.2) is 0 Å². The van der Waals surface area contributed by atoms with Crippen molar-refractivity contribution < 1.29 is 9.13 Å². The summed E-state index contributed by atoms with van der Waals surface area (Å²) in [7, 11) is 0. The van der Waals surface area contributed by atoms with E-state index in [1.165, 1.54) is 6.07 Å². The zero-order valence-corrected chi connectivity index (χ0v) is 10.5. The molecule has 2 rings (SSSR count). The average molecular weight is 329 g/mol. The van der Waals surface area contributed by atoms with Gasteiger partial charge in [-0.2, -0.15) is 0 Å². The quantitative estimate of drug-likeness (QED) is 0.805. The molecule has 0 N–H and O–H groups in total. The summed E-state index contributed by atoms with van der Waals surface area (Å²) in [4.78, 5) is 4.07. The number of halogens is 2. The van der Waals surface area contributed by atoms with E-state index in [0.717, 1.165) is 3.57 Å².